The van der Waals surface area contributed by atoms with E-state index < -0.39 is 0 Å². The minimum atomic E-state index is 0. The van der Waals surface area contributed by atoms with E-state index in [0.717, 1.165) is 17.2 Å². The van der Waals surface area contributed by atoms with Crippen molar-refractivity contribution < 1.29 is 25.1 Å². The summed E-state index contributed by atoms with van der Waals surface area (Å²) >= 11 is 1.75. The third-order valence-corrected chi connectivity index (χ3v) is 5.38. The van der Waals surface area contributed by atoms with Gasteiger partial charge in [0.2, 0.25) is 0 Å². The summed E-state index contributed by atoms with van der Waals surface area (Å²) in [5.41, 5.74) is 4.64. The van der Waals surface area contributed by atoms with Crippen LogP contribution in [-0.2, 0) is 25.4 Å². The summed E-state index contributed by atoms with van der Waals surface area (Å²) in [6.45, 7) is 12.6. The van der Waals surface area contributed by atoms with Crippen molar-refractivity contribution in [3.8, 4) is 5.75 Å². The number of allylic oxidation sites excluding steroid dienone is 4. The number of benzene rings is 3. The summed E-state index contributed by atoms with van der Waals surface area (Å²) in [6.07, 6.45) is 10.0. The molecule has 4 rings (SSSR count). The van der Waals surface area contributed by atoms with Crippen LogP contribution in [0.1, 0.15) is 49.4 Å². The second-order valence-electron chi connectivity index (χ2n) is 8.38. The SMILES string of the molecule is Cc1c(C)c(O)c([Si])c(C(C)(C)C)c1C.Cl.Cl.[C-]1=CC=CC1.[CH2]=[Ti].[c-]1ccccc1.[c-]1ccccc1. The maximum atomic E-state index is 10.0. The zero-order valence-corrected chi connectivity index (χ0v) is 26.4. The Morgan fingerprint density at radius 1 is 0.806 bits per heavy atom. The molecule has 3 radical (unpaired) electrons. The molecule has 5 heteroatoms. The first-order valence-corrected chi connectivity index (χ1v) is 12.7. The number of halogens is 2. The Hall–Kier alpha value is -1.68. The molecule has 1 nitrogen and oxygen atoms in total. The molecule has 0 amide bonds. The average Bonchev–Trinajstić information content (AvgIpc) is 3.45. The number of phenolic OH excluding ortho intramolecular Hbond substituents is 1. The number of hydrogen-bond acceptors (Lipinski definition) is 1. The molecule has 36 heavy (non-hydrogen) atoms. The van der Waals surface area contributed by atoms with Gasteiger partial charge in [-0.3, -0.25) is 6.08 Å². The third-order valence-electron chi connectivity index (χ3n) is 4.89. The van der Waals surface area contributed by atoms with Crippen molar-refractivity contribution in [2.75, 3.05) is 0 Å². The van der Waals surface area contributed by atoms with Gasteiger partial charge in [0.25, 0.3) is 0 Å². The molecule has 0 bridgehead atoms. The largest absolute Gasteiger partial charge is 0.184 e. The molecule has 1 aliphatic rings. The first kappa shape index (κ1) is 38.8. The minimum Gasteiger partial charge on any atom is -0.184 e. The molecule has 0 saturated carbocycles. The van der Waals surface area contributed by atoms with Crippen LogP contribution in [0.25, 0.3) is 0 Å². The molecule has 3 aromatic rings. The van der Waals surface area contributed by atoms with E-state index in [1.54, 1.807) is 20.0 Å². The zero-order valence-electron chi connectivity index (χ0n) is 22.2. The van der Waals surface area contributed by atoms with Gasteiger partial charge < -0.3 is 5.11 Å². The Balaban J connectivity index is -0.000000431. The Bertz CT molecular complexity index is 875. The maximum absolute atomic E-state index is 10.0. The monoisotopic (exact) mass is 572 g/mol. The van der Waals surface area contributed by atoms with Gasteiger partial charge in [0.15, 0.2) is 0 Å². The number of rotatable bonds is 0. The quantitative estimate of drug-likeness (QED) is 0.218. The smallest absolute Gasteiger partial charge is 0.171 e. The fraction of sp³-hybridized carbons (Fsp3) is 0.258. The Kier molecular flexibility index (Phi) is 24.3. The van der Waals surface area contributed by atoms with Crippen LogP contribution in [0.2, 0.25) is 0 Å². The van der Waals surface area contributed by atoms with Gasteiger partial charge in [-0.25, -0.2) is 12.2 Å². The molecule has 0 aromatic heterocycles. The van der Waals surface area contributed by atoms with Crippen molar-refractivity contribution in [1.29, 1.82) is 0 Å². The molecule has 0 fully saturated rings. The number of hydrogen-bond donors (Lipinski definition) is 1. The van der Waals surface area contributed by atoms with Crippen LogP contribution in [-0.4, -0.2) is 20.2 Å². The second kappa shape index (κ2) is 22.5. The van der Waals surface area contributed by atoms with E-state index in [9.17, 15) is 5.11 Å². The Labute approximate surface area is 247 Å². The van der Waals surface area contributed by atoms with Crippen LogP contribution >= 0.6 is 24.8 Å². The Morgan fingerprint density at radius 3 is 1.47 bits per heavy atom. The fourth-order valence-electron chi connectivity index (χ4n) is 3.10. The van der Waals surface area contributed by atoms with Gasteiger partial charge in [0, 0.05) is 0 Å². The van der Waals surface area contributed by atoms with E-state index in [2.05, 4.69) is 74.0 Å². The third kappa shape index (κ3) is 15.4. The molecule has 1 N–H and O–H groups in total. The van der Waals surface area contributed by atoms with Crippen molar-refractivity contribution in [1.82, 2.24) is 0 Å². The first-order chi connectivity index (χ1) is 16.2. The van der Waals surface area contributed by atoms with E-state index >= 15 is 0 Å². The summed E-state index contributed by atoms with van der Waals surface area (Å²) in [5.74, 6) is 0.375. The van der Waals surface area contributed by atoms with Crippen LogP contribution in [0.15, 0.2) is 78.9 Å². The van der Waals surface area contributed by atoms with Crippen molar-refractivity contribution in [3.63, 3.8) is 0 Å². The summed E-state index contributed by atoms with van der Waals surface area (Å²) in [7, 11) is 3.56. The van der Waals surface area contributed by atoms with Gasteiger partial charge in [-0.05, 0) is 53.6 Å². The summed E-state index contributed by atoms with van der Waals surface area (Å²) < 4.78 is 0. The van der Waals surface area contributed by atoms with E-state index in [1.807, 2.05) is 79.7 Å². The molecular formula is C31H38Cl2OSiTi-3. The molecule has 0 aliphatic heterocycles. The number of aromatic hydroxyl groups is 1. The summed E-state index contributed by atoms with van der Waals surface area (Å²) in [5, 5.41) is 10.8. The average molecular weight is 574 g/mol. The van der Waals surface area contributed by atoms with Crippen molar-refractivity contribution in [3.05, 3.63) is 119 Å². The molecule has 3 aromatic carbocycles. The van der Waals surface area contributed by atoms with Crippen molar-refractivity contribution in [2.45, 2.75) is 53.4 Å². The van der Waals surface area contributed by atoms with Gasteiger partial charge in [-0.2, -0.15) is 78.9 Å². The van der Waals surface area contributed by atoms with Crippen LogP contribution < -0.4 is 5.19 Å². The van der Waals surface area contributed by atoms with Gasteiger partial charge in [0.05, 0.1) is 10.2 Å². The van der Waals surface area contributed by atoms with Crippen molar-refractivity contribution >= 4 is 45.1 Å². The van der Waals surface area contributed by atoms with E-state index in [-0.39, 0.29) is 30.2 Å². The van der Waals surface area contributed by atoms with Gasteiger partial charge in [-0.1, -0.05) is 20.8 Å². The predicted octanol–water partition coefficient (Wildman–Crippen LogP) is 7.50. The van der Waals surface area contributed by atoms with E-state index in [4.69, 9.17) is 0 Å². The van der Waals surface area contributed by atoms with E-state index in [1.165, 1.54) is 16.7 Å². The predicted molar refractivity (Wildman–Crippen MR) is 160 cm³/mol. The first-order valence-electron chi connectivity index (χ1n) is 11.1. The summed E-state index contributed by atoms with van der Waals surface area (Å²) in [4.78, 5) is 3.25. The van der Waals surface area contributed by atoms with Crippen LogP contribution in [0.5, 0.6) is 5.75 Å². The molecule has 0 atom stereocenters. The zero-order chi connectivity index (χ0) is 26.0. The van der Waals surface area contributed by atoms with Gasteiger partial charge in [0.1, 0.15) is 5.75 Å². The molecule has 0 saturated heterocycles. The molecule has 0 heterocycles. The minimum absolute atomic E-state index is 0. The normalized spacial score (nSPS) is 10.2. The fourth-order valence-corrected chi connectivity index (χ4v) is 3.85. The molecular weight excluding hydrogens is 535 g/mol. The van der Waals surface area contributed by atoms with Crippen molar-refractivity contribution in [2.24, 2.45) is 0 Å². The molecule has 193 valence electrons. The maximum Gasteiger partial charge on any atom is -0.171 e. The van der Waals surface area contributed by atoms with Crippen LogP contribution in [0, 0.1) is 39.0 Å². The number of phenols is 1. The standard InChI is InChI=1S/C13H19OSi.2C6H5.C5H5.CH2.2ClH.Ti/c1-7-8(2)10(13(4,5)6)12(15)11(14)9(7)3;2*1-2-4-6-5-3-1;1-2-4-5-3-1;;;;/h14H,1-6H3;2*1-5H;1-3H,4H2;1H2;2*1H;/q;3*-1;;;;. The molecule has 1 aliphatic carbocycles. The second-order valence-corrected chi connectivity index (χ2v) is 8.88. The topological polar surface area (TPSA) is 20.2 Å². The van der Waals surface area contributed by atoms with E-state index in [0.29, 0.717) is 5.75 Å². The summed E-state index contributed by atoms with van der Waals surface area (Å²) in [6, 6.07) is 25.0. The molecule has 0 unspecified atom stereocenters. The Morgan fingerprint density at radius 2 is 1.25 bits per heavy atom. The van der Waals surface area contributed by atoms with Crippen LogP contribution in [0.3, 0.4) is 0 Å². The van der Waals surface area contributed by atoms with Gasteiger partial charge in [-0.15, -0.1) is 31.2 Å². The van der Waals surface area contributed by atoms with Gasteiger partial charge >= 0.3 is 24.8 Å². The molecule has 0 spiro atoms. The van der Waals surface area contributed by atoms with Crippen LogP contribution in [0.4, 0.5) is 0 Å².